The highest BCUT2D eigenvalue weighted by atomic mass is 16.3. The van der Waals surface area contributed by atoms with Crippen LogP contribution in [0.15, 0.2) is 30.3 Å². The van der Waals surface area contributed by atoms with Crippen molar-refractivity contribution in [2.45, 2.75) is 51.6 Å². The summed E-state index contributed by atoms with van der Waals surface area (Å²) < 4.78 is 0. The Balaban J connectivity index is 2.17. The first-order valence-electron chi connectivity index (χ1n) is 6.68. The molecule has 0 heterocycles. The van der Waals surface area contributed by atoms with Gasteiger partial charge in [-0.05, 0) is 35.7 Å². The largest absolute Gasteiger partial charge is 0.393 e. The second-order valence-corrected chi connectivity index (χ2v) is 6.71. The molecule has 1 aromatic carbocycles. The van der Waals surface area contributed by atoms with E-state index in [2.05, 4.69) is 51.1 Å². The Labute approximate surface area is 104 Å². The van der Waals surface area contributed by atoms with Crippen molar-refractivity contribution >= 4 is 0 Å². The average molecular weight is 230 g/mol. The summed E-state index contributed by atoms with van der Waals surface area (Å²) in [6.45, 7) is 6.97. The molecule has 2 aliphatic carbocycles. The van der Waals surface area contributed by atoms with Gasteiger partial charge < -0.3 is 5.11 Å². The normalized spacial score (nSPS) is 42.9. The lowest BCUT2D eigenvalue weighted by Crippen LogP contribution is -2.38. The third-order valence-electron chi connectivity index (χ3n) is 6.30. The Morgan fingerprint density at radius 3 is 2.18 bits per heavy atom. The molecule has 2 aliphatic rings. The minimum atomic E-state index is -0.147. The second kappa shape index (κ2) is 3.14. The molecule has 0 amide bonds. The van der Waals surface area contributed by atoms with Crippen LogP contribution >= 0.6 is 0 Å². The minimum Gasteiger partial charge on any atom is -0.393 e. The number of aliphatic hydroxyl groups is 1. The van der Waals surface area contributed by atoms with E-state index in [0.717, 1.165) is 12.8 Å². The molecule has 3 rings (SSSR count). The zero-order valence-corrected chi connectivity index (χ0v) is 11.0. The van der Waals surface area contributed by atoms with Crippen LogP contribution in [0.2, 0.25) is 0 Å². The molecule has 92 valence electrons. The summed E-state index contributed by atoms with van der Waals surface area (Å²) in [5.74, 6) is 0. The Hall–Kier alpha value is -0.820. The van der Waals surface area contributed by atoms with Crippen LogP contribution in [0.4, 0.5) is 0 Å². The maximum absolute atomic E-state index is 10.4. The predicted octanol–water partition coefficient (Wildman–Crippen LogP) is 3.52. The van der Waals surface area contributed by atoms with E-state index in [1.165, 1.54) is 12.0 Å². The van der Waals surface area contributed by atoms with Gasteiger partial charge in [0.25, 0.3) is 0 Å². The lowest BCUT2D eigenvalue weighted by Gasteiger charge is -2.41. The quantitative estimate of drug-likeness (QED) is 0.782. The number of benzene rings is 1. The lowest BCUT2D eigenvalue weighted by atomic mass is 9.62. The highest BCUT2D eigenvalue weighted by molar-refractivity contribution is 5.36. The Morgan fingerprint density at radius 2 is 1.71 bits per heavy atom. The van der Waals surface area contributed by atoms with E-state index < -0.39 is 0 Å². The van der Waals surface area contributed by atoms with Gasteiger partial charge in [-0.1, -0.05) is 51.1 Å². The zero-order chi connectivity index (χ0) is 12.3. The lowest BCUT2D eigenvalue weighted by molar-refractivity contribution is 0.0123. The molecule has 17 heavy (non-hydrogen) atoms. The molecule has 0 aliphatic heterocycles. The molecule has 0 unspecified atom stereocenters. The van der Waals surface area contributed by atoms with Crippen molar-refractivity contribution in [3.05, 3.63) is 35.9 Å². The minimum absolute atomic E-state index is 0.0862. The molecular weight excluding hydrogens is 208 g/mol. The van der Waals surface area contributed by atoms with Crippen LogP contribution in [0, 0.1) is 10.8 Å². The van der Waals surface area contributed by atoms with Crippen LogP contribution in [0.1, 0.15) is 45.6 Å². The topological polar surface area (TPSA) is 20.2 Å². The summed E-state index contributed by atoms with van der Waals surface area (Å²) in [7, 11) is 0. The summed E-state index contributed by atoms with van der Waals surface area (Å²) >= 11 is 0. The van der Waals surface area contributed by atoms with E-state index in [1.54, 1.807) is 0 Å². The van der Waals surface area contributed by atoms with Crippen LogP contribution in [0.25, 0.3) is 0 Å². The maximum atomic E-state index is 10.4. The van der Waals surface area contributed by atoms with Gasteiger partial charge in [0.1, 0.15) is 0 Å². The van der Waals surface area contributed by atoms with E-state index in [4.69, 9.17) is 0 Å². The standard InChI is InChI=1S/C16H22O/c1-14(2)15(3)9-10-16(14,11-13(15)17)12-7-5-4-6-8-12/h4-8,13,17H,9-11H2,1-3H3/t13-,15+,16-/m0/s1. The average Bonchev–Trinajstić information content (AvgIpc) is 2.61. The Morgan fingerprint density at radius 1 is 1.06 bits per heavy atom. The molecule has 2 fully saturated rings. The van der Waals surface area contributed by atoms with E-state index in [0.29, 0.717) is 0 Å². The molecule has 0 aromatic heterocycles. The van der Waals surface area contributed by atoms with Crippen molar-refractivity contribution in [1.82, 2.24) is 0 Å². The van der Waals surface area contributed by atoms with Crippen molar-refractivity contribution in [1.29, 1.82) is 0 Å². The number of rotatable bonds is 1. The fraction of sp³-hybridized carbons (Fsp3) is 0.625. The highest BCUT2D eigenvalue weighted by Gasteiger charge is 2.69. The SMILES string of the molecule is CC1(C)[C@@]2(c3ccccc3)CC[C@]1(C)[C@@H](O)C2. The van der Waals surface area contributed by atoms with Crippen molar-refractivity contribution in [2.75, 3.05) is 0 Å². The smallest absolute Gasteiger partial charge is 0.0607 e. The third kappa shape index (κ3) is 1.09. The Kier molecular flexibility index (Phi) is 2.08. The van der Waals surface area contributed by atoms with Gasteiger partial charge in [0.2, 0.25) is 0 Å². The van der Waals surface area contributed by atoms with Crippen molar-refractivity contribution in [3.8, 4) is 0 Å². The van der Waals surface area contributed by atoms with Gasteiger partial charge in [-0.3, -0.25) is 0 Å². The van der Waals surface area contributed by atoms with Crippen LogP contribution in [-0.2, 0) is 5.41 Å². The summed E-state index contributed by atoms with van der Waals surface area (Å²) in [5.41, 5.74) is 1.87. The molecule has 0 spiro atoms. The van der Waals surface area contributed by atoms with Gasteiger partial charge in [-0.25, -0.2) is 0 Å². The predicted molar refractivity (Wildman–Crippen MR) is 69.9 cm³/mol. The van der Waals surface area contributed by atoms with Gasteiger partial charge >= 0.3 is 0 Å². The van der Waals surface area contributed by atoms with E-state index in [1.807, 2.05) is 0 Å². The molecule has 2 bridgehead atoms. The first kappa shape index (κ1) is 11.3. The molecule has 3 atom stereocenters. The third-order valence-corrected chi connectivity index (χ3v) is 6.30. The summed E-state index contributed by atoms with van der Waals surface area (Å²) in [6.07, 6.45) is 3.15. The second-order valence-electron chi connectivity index (χ2n) is 6.71. The zero-order valence-electron chi connectivity index (χ0n) is 11.0. The van der Waals surface area contributed by atoms with Crippen LogP contribution in [-0.4, -0.2) is 11.2 Å². The van der Waals surface area contributed by atoms with E-state index in [-0.39, 0.29) is 22.3 Å². The van der Waals surface area contributed by atoms with E-state index >= 15 is 0 Å². The summed E-state index contributed by atoms with van der Waals surface area (Å²) in [6, 6.07) is 10.8. The number of fused-ring (bicyclic) bond motifs is 2. The van der Waals surface area contributed by atoms with Gasteiger partial charge in [0.05, 0.1) is 6.10 Å². The van der Waals surface area contributed by atoms with Gasteiger partial charge in [-0.2, -0.15) is 0 Å². The molecule has 0 radical (unpaired) electrons. The van der Waals surface area contributed by atoms with Crippen molar-refractivity contribution in [3.63, 3.8) is 0 Å². The first-order chi connectivity index (χ1) is 7.94. The molecule has 0 saturated heterocycles. The molecule has 1 N–H and O–H groups in total. The van der Waals surface area contributed by atoms with Crippen molar-refractivity contribution in [2.24, 2.45) is 10.8 Å². The fourth-order valence-corrected chi connectivity index (χ4v) is 4.52. The fourth-order valence-electron chi connectivity index (χ4n) is 4.52. The van der Waals surface area contributed by atoms with Crippen molar-refractivity contribution < 1.29 is 5.11 Å². The highest BCUT2D eigenvalue weighted by Crippen LogP contribution is 2.72. The number of hydrogen-bond acceptors (Lipinski definition) is 1. The molecule has 1 nitrogen and oxygen atoms in total. The van der Waals surface area contributed by atoms with Crippen LogP contribution in [0.5, 0.6) is 0 Å². The Bertz CT molecular complexity index is 436. The summed E-state index contributed by atoms with van der Waals surface area (Å²) in [4.78, 5) is 0. The monoisotopic (exact) mass is 230 g/mol. The molecule has 1 aromatic rings. The van der Waals surface area contributed by atoms with Gasteiger partial charge in [0.15, 0.2) is 0 Å². The van der Waals surface area contributed by atoms with Crippen LogP contribution < -0.4 is 0 Å². The molecule has 2 saturated carbocycles. The maximum Gasteiger partial charge on any atom is 0.0607 e. The molecular formula is C16H22O. The van der Waals surface area contributed by atoms with Gasteiger partial charge in [-0.15, -0.1) is 0 Å². The van der Waals surface area contributed by atoms with Crippen LogP contribution in [0.3, 0.4) is 0 Å². The molecule has 1 heteroatoms. The van der Waals surface area contributed by atoms with E-state index in [9.17, 15) is 5.11 Å². The first-order valence-corrected chi connectivity index (χ1v) is 6.68. The number of aliphatic hydroxyl groups excluding tert-OH is 1. The number of hydrogen-bond donors (Lipinski definition) is 1. The van der Waals surface area contributed by atoms with Gasteiger partial charge in [0, 0.05) is 5.41 Å². The summed E-state index contributed by atoms with van der Waals surface area (Å²) in [5, 5.41) is 10.4.